The highest BCUT2D eigenvalue weighted by atomic mass is 35.5. The minimum Gasteiger partial charge on any atom is -0.397 e. The maximum atomic E-state index is 11.7. The lowest BCUT2D eigenvalue weighted by molar-refractivity contribution is -0.122. The van der Waals surface area contributed by atoms with Gasteiger partial charge < -0.3 is 20.5 Å². The van der Waals surface area contributed by atoms with Gasteiger partial charge in [0.25, 0.3) is 0 Å². The Morgan fingerprint density at radius 3 is 3.10 bits per heavy atom. The Bertz CT molecular complexity index is 462. The van der Waals surface area contributed by atoms with Gasteiger partial charge in [-0.2, -0.15) is 0 Å². The van der Waals surface area contributed by atoms with Crippen LogP contribution in [0.25, 0.3) is 0 Å². The number of ether oxygens (including phenoxy) is 2. The zero-order valence-electron chi connectivity index (χ0n) is 11.2. The van der Waals surface area contributed by atoms with Gasteiger partial charge in [-0.3, -0.25) is 4.79 Å². The van der Waals surface area contributed by atoms with Crippen LogP contribution < -0.4 is 11.1 Å². The van der Waals surface area contributed by atoms with E-state index in [2.05, 4.69) is 5.32 Å². The van der Waals surface area contributed by atoms with Crippen LogP contribution in [0.3, 0.4) is 0 Å². The van der Waals surface area contributed by atoms with Gasteiger partial charge in [0.15, 0.2) is 0 Å². The van der Waals surface area contributed by atoms with Crippen LogP contribution in [-0.2, 0) is 14.3 Å². The molecule has 5 nitrogen and oxygen atoms in total. The number of rotatable bonds is 5. The molecule has 0 aliphatic carbocycles. The van der Waals surface area contributed by atoms with Crippen molar-refractivity contribution >= 4 is 28.9 Å². The van der Waals surface area contributed by atoms with Crippen LogP contribution in [0.15, 0.2) is 18.2 Å². The fourth-order valence-corrected chi connectivity index (χ4v) is 2.22. The maximum absolute atomic E-state index is 11.7. The number of carbonyl (C=O) groups excluding carboxylic acids is 1. The monoisotopic (exact) mass is 298 g/mol. The van der Waals surface area contributed by atoms with E-state index in [0.717, 1.165) is 25.9 Å². The first-order valence-electron chi connectivity index (χ1n) is 6.69. The molecular formula is C14H19ClN2O3. The third kappa shape index (κ3) is 4.67. The summed E-state index contributed by atoms with van der Waals surface area (Å²) in [6.07, 6.45) is 3.35. The predicted octanol–water partition coefficient (Wildman–Crippen LogP) is 2.45. The lowest BCUT2D eigenvalue weighted by Gasteiger charge is -2.22. The highest BCUT2D eigenvalue weighted by Crippen LogP contribution is 2.22. The number of amides is 1. The molecule has 1 fully saturated rings. The second-order valence-corrected chi connectivity index (χ2v) is 5.22. The molecule has 0 saturated carbocycles. The summed E-state index contributed by atoms with van der Waals surface area (Å²) >= 11 is 5.85. The van der Waals surface area contributed by atoms with Crippen molar-refractivity contribution in [3.05, 3.63) is 23.2 Å². The van der Waals surface area contributed by atoms with E-state index in [1.165, 1.54) is 0 Å². The molecule has 1 aromatic carbocycles. The molecule has 3 N–H and O–H groups in total. The van der Waals surface area contributed by atoms with E-state index < -0.39 is 0 Å². The van der Waals surface area contributed by atoms with Gasteiger partial charge >= 0.3 is 0 Å². The van der Waals surface area contributed by atoms with Crippen LogP contribution >= 0.6 is 11.6 Å². The predicted molar refractivity (Wildman–Crippen MR) is 78.9 cm³/mol. The van der Waals surface area contributed by atoms with E-state index in [4.69, 9.17) is 26.8 Å². The minimum absolute atomic E-state index is 0.0220. The number of anilines is 2. The lowest BCUT2D eigenvalue weighted by atomic mass is 10.1. The van der Waals surface area contributed by atoms with Gasteiger partial charge in [-0.25, -0.2) is 0 Å². The van der Waals surface area contributed by atoms with Crippen LogP contribution in [0.5, 0.6) is 0 Å². The third-order valence-corrected chi connectivity index (χ3v) is 3.34. The molecule has 0 bridgehead atoms. The smallest absolute Gasteiger partial charge is 0.250 e. The van der Waals surface area contributed by atoms with Crippen molar-refractivity contribution in [1.82, 2.24) is 0 Å². The molecule has 0 spiro atoms. The van der Waals surface area contributed by atoms with E-state index in [1.807, 2.05) is 0 Å². The number of nitrogen functional groups attached to an aromatic ring is 1. The van der Waals surface area contributed by atoms with Crippen molar-refractivity contribution < 1.29 is 14.3 Å². The standard InChI is InChI=1S/C14H19ClN2O3/c15-10-4-5-12(16)13(7-10)17-14(18)9-19-8-11-3-1-2-6-20-11/h4-5,7,11H,1-3,6,8-9,16H2,(H,17,18). The molecule has 1 aliphatic rings. The largest absolute Gasteiger partial charge is 0.397 e. The van der Waals surface area contributed by atoms with Crippen LogP contribution in [0.2, 0.25) is 5.02 Å². The topological polar surface area (TPSA) is 73.6 Å². The molecule has 1 heterocycles. The van der Waals surface area contributed by atoms with Gasteiger partial charge in [-0.05, 0) is 37.5 Å². The molecule has 1 aromatic rings. The van der Waals surface area contributed by atoms with Crippen molar-refractivity contribution in [2.75, 3.05) is 30.9 Å². The van der Waals surface area contributed by atoms with Crippen molar-refractivity contribution in [3.8, 4) is 0 Å². The SMILES string of the molecule is Nc1ccc(Cl)cc1NC(=O)COCC1CCCCO1. The van der Waals surface area contributed by atoms with Gasteiger partial charge in [0.1, 0.15) is 6.61 Å². The Morgan fingerprint density at radius 1 is 1.50 bits per heavy atom. The van der Waals surface area contributed by atoms with Crippen molar-refractivity contribution in [1.29, 1.82) is 0 Å². The summed E-state index contributed by atoms with van der Waals surface area (Å²) < 4.78 is 10.9. The van der Waals surface area contributed by atoms with E-state index in [0.29, 0.717) is 23.0 Å². The molecule has 1 aliphatic heterocycles. The van der Waals surface area contributed by atoms with Gasteiger partial charge in [0.2, 0.25) is 5.91 Å². The summed E-state index contributed by atoms with van der Waals surface area (Å²) in [5, 5.41) is 3.19. The average Bonchev–Trinajstić information content (AvgIpc) is 2.44. The van der Waals surface area contributed by atoms with Gasteiger partial charge in [-0.1, -0.05) is 11.6 Å². The fraction of sp³-hybridized carbons (Fsp3) is 0.500. The van der Waals surface area contributed by atoms with E-state index >= 15 is 0 Å². The molecule has 110 valence electrons. The number of nitrogens with two attached hydrogens (primary N) is 1. The first-order valence-corrected chi connectivity index (χ1v) is 7.07. The summed E-state index contributed by atoms with van der Waals surface area (Å²) in [7, 11) is 0. The minimum atomic E-state index is -0.255. The first kappa shape index (κ1) is 15.1. The molecule has 1 atom stereocenters. The summed E-state index contributed by atoms with van der Waals surface area (Å²) in [5.74, 6) is -0.255. The summed E-state index contributed by atoms with van der Waals surface area (Å²) in [4.78, 5) is 11.7. The third-order valence-electron chi connectivity index (χ3n) is 3.10. The maximum Gasteiger partial charge on any atom is 0.250 e. The number of hydrogen-bond donors (Lipinski definition) is 2. The Hall–Kier alpha value is -1.30. The molecule has 6 heteroatoms. The lowest BCUT2D eigenvalue weighted by Crippen LogP contribution is -2.27. The second kappa shape index (κ2) is 7.47. The zero-order valence-corrected chi connectivity index (χ0v) is 12.0. The van der Waals surface area contributed by atoms with Crippen LogP contribution in [-0.4, -0.2) is 31.8 Å². The molecule has 0 aromatic heterocycles. The molecule has 20 heavy (non-hydrogen) atoms. The van der Waals surface area contributed by atoms with Crippen LogP contribution in [0.1, 0.15) is 19.3 Å². The van der Waals surface area contributed by atoms with Gasteiger partial charge in [0, 0.05) is 11.6 Å². The first-order chi connectivity index (χ1) is 9.65. The summed E-state index contributed by atoms with van der Waals surface area (Å²) in [6, 6.07) is 4.93. The molecule has 2 rings (SSSR count). The molecule has 1 amide bonds. The zero-order chi connectivity index (χ0) is 14.4. The Kier molecular flexibility index (Phi) is 5.64. The van der Waals surface area contributed by atoms with Gasteiger partial charge in [0.05, 0.1) is 24.1 Å². The van der Waals surface area contributed by atoms with Crippen molar-refractivity contribution in [3.63, 3.8) is 0 Å². The second-order valence-electron chi connectivity index (χ2n) is 4.78. The van der Waals surface area contributed by atoms with E-state index in [1.54, 1.807) is 18.2 Å². The summed E-state index contributed by atoms with van der Waals surface area (Å²) in [6.45, 7) is 1.20. The van der Waals surface area contributed by atoms with Crippen molar-refractivity contribution in [2.45, 2.75) is 25.4 Å². The number of benzene rings is 1. The average molecular weight is 299 g/mol. The Labute approximate surface area is 123 Å². The normalized spacial score (nSPS) is 18.8. The molecule has 0 radical (unpaired) electrons. The van der Waals surface area contributed by atoms with Crippen LogP contribution in [0, 0.1) is 0 Å². The van der Waals surface area contributed by atoms with Crippen LogP contribution in [0.4, 0.5) is 11.4 Å². The number of nitrogens with one attached hydrogen (secondary N) is 1. The Morgan fingerprint density at radius 2 is 2.35 bits per heavy atom. The summed E-state index contributed by atoms with van der Waals surface area (Å²) in [5.41, 5.74) is 6.72. The highest BCUT2D eigenvalue weighted by Gasteiger charge is 2.14. The quantitative estimate of drug-likeness (QED) is 0.819. The molecular weight excluding hydrogens is 280 g/mol. The number of hydrogen-bond acceptors (Lipinski definition) is 4. The molecule has 1 saturated heterocycles. The van der Waals surface area contributed by atoms with E-state index in [9.17, 15) is 4.79 Å². The highest BCUT2D eigenvalue weighted by molar-refractivity contribution is 6.31. The fourth-order valence-electron chi connectivity index (χ4n) is 2.04. The van der Waals surface area contributed by atoms with E-state index in [-0.39, 0.29) is 18.6 Å². The molecule has 1 unspecified atom stereocenters. The van der Waals surface area contributed by atoms with Crippen molar-refractivity contribution in [2.24, 2.45) is 0 Å². The van der Waals surface area contributed by atoms with Gasteiger partial charge in [-0.15, -0.1) is 0 Å². The number of carbonyl (C=O) groups is 1. The number of halogens is 1. The Balaban J connectivity index is 1.73.